The third-order valence-electron chi connectivity index (χ3n) is 3.86. The van der Waals surface area contributed by atoms with Crippen molar-refractivity contribution in [1.29, 1.82) is 0 Å². The lowest BCUT2D eigenvalue weighted by atomic mass is 10.2. The molecule has 0 radical (unpaired) electrons. The minimum absolute atomic E-state index is 0.672. The predicted molar refractivity (Wildman–Crippen MR) is 81.6 cm³/mol. The van der Waals surface area contributed by atoms with Crippen LogP contribution in [0.2, 0.25) is 0 Å². The van der Waals surface area contributed by atoms with E-state index in [9.17, 15) is 0 Å². The maximum absolute atomic E-state index is 5.77. The quantitative estimate of drug-likeness (QED) is 0.809. The molecule has 0 aliphatic carbocycles. The SMILES string of the molecule is COc1ccc(OCCCN2CCNCCC2C)cc1. The van der Waals surface area contributed by atoms with Crippen molar-refractivity contribution in [3.05, 3.63) is 24.3 Å². The van der Waals surface area contributed by atoms with E-state index in [1.807, 2.05) is 24.3 Å². The molecule has 1 aromatic rings. The van der Waals surface area contributed by atoms with E-state index >= 15 is 0 Å². The second kappa shape index (κ2) is 8.12. The fourth-order valence-corrected chi connectivity index (χ4v) is 2.52. The number of hydrogen-bond acceptors (Lipinski definition) is 4. The van der Waals surface area contributed by atoms with Crippen molar-refractivity contribution < 1.29 is 9.47 Å². The Morgan fingerprint density at radius 3 is 2.70 bits per heavy atom. The van der Waals surface area contributed by atoms with E-state index in [0.717, 1.165) is 50.7 Å². The van der Waals surface area contributed by atoms with Gasteiger partial charge in [-0.3, -0.25) is 4.90 Å². The Kier molecular flexibility index (Phi) is 6.15. The molecule has 1 unspecified atom stereocenters. The molecule has 20 heavy (non-hydrogen) atoms. The van der Waals surface area contributed by atoms with E-state index in [1.54, 1.807) is 7.11 Å². The van der Waals surface area contributed by atoms with Gasteiger partial charge >= 0.3 is 0 Å². The Balaban J connectivity index is 1.67. The summed E-state index contributed by atoms with van der Waals surface area (Å²) in [5.41, 5.74) is 0. The van der Waals surface area contributed by atoms with Gasteiger partial charge in [0.2, 0.25) is 0 Å². The van der Waals surface area contributed by atoms with Crippen LogP contribution >= 0.6 is 0 Å². The highest BCUT2D eigenvalue weighted by atomic mass is 16.5. The van der Waals surface area contributed by atoms with Crippen molar-refractivity contribution in [3.63, 3.8) is 0 Å². The zero-order valence-electron chi connectivity index (χ0n) is 12.6. The Bertz CT molecular complexity index is 381. The minimum atomic E-state index is 0.672. The number of nitrogens with zero attached hydrogens (tertiary/aromatic N) is 1. The van der Waals surface area contributed by atoms with Crippen LogP contribution in [-0.2, 0) is 0 Å². The molecule has 1 aliphatic heterocycles. The number of benzene rings is 1. The molecular weight excluding hydrogens is 252 g/mol. The predicted octanol–water partition coefficient (Wildman–Crippen LogP) is 2.15. The molecule has 0 saturated carbocycles. The van der Waals surface area contributed by atoms with Crippen molar-refractivity contribution >= 4 is 0 Å². The van der Waals surface area contributed by atoms with Crippen LogP contribution in [0.3, 0.4) is 0 Å². The number of methoxy groups -OCH3 is 1. The number of hydrogen-bond donors (Lipinski definition) is 1. The van der Waals surface area contributed by atoms with E-state index in [0.29, 0.717) is 6.04 Å². The molecule has 2 rings (SSSR count). The van der Waals surface area contributed by atoms with Crippen molar-refractivity contribution in [2.75, 3.05) is 39.9 Å². The first-order chi connectivity index (χ1) is 9.79. The average molecular weight is 278 g/mol. The summed E-state index contributed by atoms with van der Waals surface area (Å²) >= 11 is 0. The van der Waals surface area contributed by atoms with Gasteiger partial charge in [0.25, 0.3) is 0 Å². The summed E-state index contributed by atoms with van der Waals surface area (Å²) < 4.78 is 10.9. The van der Waals surface area contributed by atoms with Gasteiger partial charge in [0.05, 0.1) is 13.7 Å². The average Bonchev–Trinajstić information content (AvgIpc) is 2.69. The molecule has 0 aromatic heterocycles. The zero-order chi connectivity index (χ0) is 14.2. The monoisotopic (exact) mass is 278 g/mol. The fraction of sp³-hybridized carbons (Fsp3) is 0.625. The van der Waals surface area contributed by atoms with Crippen molar-refractivity contribution in [1.82, 2.24) is 10.2 Å². The minimum Gasteiger partial charge on any atom is -0.497 e. The first-order valence-electron chi connectivity index (χ1n) is 7.51. The number of ether oxygens (including phenoxy) is 2. The summed E-state index contributed by atoms with van der Waals surface area (Å²) in [6, 6.07) is 8.44. The molecule has 1 atom stereocenters. The zero-order valence-corrected chi connectivity index (χ0v) is 12.6. The summed E-state index contributed by atoms with van der Waals surface area (Å²) in [6.07, 6.45) is 2.30. The summed E-state index contributed by atoms with van der Waals surface area (Å²) in [4.78, 5) is 2.55. The second-order valence-electron chi connectivity index (χ2n) is 5.30. The molecule has 4 heteroatoms. The van der Waals surface area contributed by atoms with Crippen LogP contribution in [0.25, 0.3) is 0 Å². The van der Waals surface area contributed by atoms with E-state index in [4.69, 9.17) is 9.47 Å². The Morgan fingerprint density at radius 1 is 1.20 bits per heavy atom. The van der Waals surface area contributed by atoms with Gasteiger partial charge in [-0.15, -0.1) is 0 Å². The smallest absolute Gasteiger partial charge is 0.119 e. The number of nitrogens with one attached hydrogen (secondary N) is 1. The molecule has 1 aliphatic rings. The highest BCUT2D eigenvalue weighted by Gasteiger charge is 2.15. The first-order valence-corrected chi connectivity index (χ1v) is 7.51. The van der Waals surface area contributed by atoms with Crippen LogP contribution in [0.15, 0.2) is 24.3 Å². The first kappa shape index (κ1) is 15.1. The van der Waals surface area contributed by atoms with Gasteiger partial charge < -0.3 is 14.8 Å². The van der Waals surface area contributed by atoms with Gasteiger partial charge in [0.1, 0.15) is 11.5 Å². The molecule has 1 heterocycles. The van der Waals surface area contributed by atoms with Crippen LogP contribution in [0, 0.1) is 0 Å². The van der Waals surface area contributed by atoms with Crippen molar-refractivity contribution in [2.24, 2.45) is 0 Å². The van der Waals surface area contributed by atoms with E-state index in [2.05, 4.69) is 17.1 Å². The third kappa shape index (κ3) is 4.69. The molecule has 1 aromatic carbocycles. The topological polar surface area (TPSA) is 33.7 Å². The van der Waals surface area contributed by atoms with Crippen LogP contribution < -0.4 is 14.8 Å². The number of rotatable bonds is 6. The lowest BCUT2D eigenvalue weighted by Crippen LogP contribution is -2.35. The molecule has 1 saturated heterocycles. The second-order valence-corrected chi connectivity index (χ2v) is 5.30. The molecule has 1 N–H and O–H groups in total. The summed E-state index contributed by atoms with van der Waals surface area (Å²) in [5, 5.41) is 3.45. The van der Waals surface area contributed by atoms with Gasteiger partial charge in [0.15, 0.2) is 0 Å². The van der Waals surface area contributed by atoms with Crippen LogP contribution in [-0.4, -0.2) is 50.8 Å². The van der Waals surface area contributed by atoms with Crippen molar-refractivity contribution in [2.45, 2.75) is 25.8 Å². The van der Waals surface area contributed by atoms with E-state index in [-0.39, 0.29) is 0 Å². The van der Waals surface area contributed by atoms with Gasteiger partial charge in [-0.1, -0.05) is 0 Å². The maximum atomic E-state index is 5.77. The summed E-state index contributed by atoms with van der Waals surface area (Å²) in [7, 11) is 1.67. The van der Waals surface area contributed by atoms with E-state index < -0.39 is 0 Å². The van der Waals surface area contributed by atoms with Gasteiger partial charge in [-0.2, -0.15) is 0 Å². The maximum Gasteiger partial charge on any atom is 0.119 e. The highest BCUT2D eigenvalue weighted by Crippen LogP contribution is 2.17. The molecule has 0 amide bonds. The highest BCUT2D eigenvalue weighted by molar-refractivity contribution is 5.31. The van der Waals surface area contributed by atoms with Gasteiger partial charge in [0, 0.05) is 25.7 Å². The largest absolute Gasteiger partial charge is 0.497 e. The Hall–Kier alpha value is -1.26. The molecule has 4 nitrogen and oxygen atoms in total. The molecule has 112 valence electrons. The molecule has 0 bridgehead atoms. The molecule has 1 fully saturated rings. The molecular formula is C16H26N2O2. The van der Waals surface area contributed by atoms with Crippen LogP contribution in [0.4, 0.5) is 0 Å². The summed E-state index contributed by atoms with van der Waals surface area (Å²) in [6.45, 7) is 7.58. The van der Waals surface area contributed by atoms with Gasteiger partial charge in [-0.05, 0) is 50.6 Å². The molecule has 0 spiro atoms. The lowest BCUT2D eigenvalue weighted by Gasteiger charge is -2.26. The summed E-state index contributed by atoms with van der Waals surface area (Å²) in [5.74, 6) is 1.78. The normalized spacial score (nSPS) is 20.4. The van der Waals surface area contributed by atoms with Crippen LogP contribution in [0.5, 0.6) is 11.5 Å². The fourth-order valence-electron chi connectivity index (χ4n) is 2.52. The van der Waals surface area contributed by atoms with Crippen LogP contribution in [0.1, 0.15) is 19.8 Å². The lowest BCUT2D eigenvalue weighted by molar-refractivity contribution is 0.197. The Morgan fingerprint density at radius 2 is 1.95 bits per heavy atom. The standard InChI is InChI=1S/C16H26N2O2/c1-14-8-9-17-10-12-18(14)11-3-13-20-16-6-4-15(19-2)5-7-16/h4-7,14,17H,3,8-13H2,1-2H3. The van der Waals surface area contributed by atoms with Gasteiger partial charge in [-0.25, -0.2) is 0 Å². The van der Waals surface area contributed by atoms with E-state index in [1.165, 1.54) is 6.42 Å². The third-order valence-corrected chi connectivity index (χ3v) is 3.86. The Labute approximate surface area is 122 Å². The van der Waals surface area contributed by atoms with Crippen molar-refractivity contribution in [3.8, 4) is 11.5 Å².